The van der Waals surface area contributed by atoms with Crippen molar-refractivity contribution in [3.05, 3.63) is 27.9 Å². The van der Waals surface area contributed by atoms with E-state index < -0.39 is 22.8 Å². The van der Waals surface area contributed by atoms with Crippen LogP contribution in [0.25, 0.3) is 11.0 Å². The standard InChI is InChI=1S/C12H9N5O4/c1-17-10-6(5-15-7(4-13)16-10)9(19)8(12(17)21)11(20)14-2-3-18/h3,5,19H,2H2,1H3,(H,14,20). The van der Waals surface area contributed by atoms with Crippen molar-refractivity contribution in [2.75, 3.05) is 6.54 Å². The van der Waals surface area contributed by atoms with Gasteiger partial charge in [0.1, 0.15) is 23.7 Å². The lowest BCUT2D eigenvalue weighted by molar-refractivity contribution is -0.107. The molecule has 0 aromatic carbocycles. The van der Waals surface area contributed by atoms with E-state index in [1.165, 1.54) is 7.05 Å². The average Bonchev–Trinajstić information content (AvgIpc) is 2.50. The van der Waals surface area contributed by atoms with E-state index in [1.807, 2.05) is 0 Å². The molecular formula is C12H9N5O4. The highest BCUT2D eigenvalue weighted by Crippen LogP contribution is 2.24. The van der Waals surface area contributed by atoms with Crippen molar-refractivity contribution in [3.8, 4) is 11.8 Å². The fraction of sp³-hybridized carbons (Fsp3) is 0.167. The Morgan fingerprint density at radius 3 is 2.95 bits per heavy atom. The van der Waals surface area contributed by atoms with Gasteiger partial charge in [-0.05, 0) is 0 Å². The second-order valence-corrected chi connectivity index (χ2v) is 4.01. The number of pyridine rings is 1. The highest BCUT2D eigenvalue weighted by atomic mass is 16.3. The van der Waals surface area contributed by atoms with Crippen LogP contribution in [0.3, 0.4) is 0 Å². The highest BCUT2D eigenvalue weighted by Gasteiger charge is 2.22. The Hall–Kier alpha value is -3.28. The number of aldehydes is 1. The fourth-order valence-electron chi connectivity index (χ4n) is 1.78. The minimum absolute atomic E-state index is 0.0241. The fourth-order valence-corrected chi connectivity index (χ4v) is 1.78. The molecule has 21 heavy (non-hydrogen) atoms. The molecule has 2 aromatic rings. The first-order chi connectivity index (χ1) is 10.0. The second-order valence-electron chi connectivity index (χ2n) is 4.01. The van der Waals surface area contributed by atoms with Gasteiger partial charge in [0, 0.05) is 13.2 Å². The summed E-state index contributed by atoms with van der Waals surface area (Å²) >= 11 is 0. The predicted octanol–water partition coefficient (Wildman–Crippen LogP) is -1.17. The second kappa shape index (κ2) is 5.38. The molecule has 9 heteroatoms. The van der Waals surface area contributed by atoms with Gasteiger partial charge in [0.2, 0.25) is 5.82 Å². The number of nitriles is 1. The van der Waals surface area contributed by atoms with Crippen LogP contribution in [-0.4, -0.2) is 38.4 Å². The molecule has 0 atom stereocenters. The third kappa shape index (κ3) is 2.30. The number of aromatic nitrogens is 3. The summed E-state index contributed by atoms with van der Waals surface area (Å²) in [7, 11) is 1.34. The van der Waals surface area contributed by atoms with E-state index in [4.69, 9.17) is 5.26 Å². The van der Waals surface area contributed by atoms with Gasteiger partial charge in [0.25, 0.3) is 11.5 Å². The monoisotopic (exact) mass is 287 g/mol. The summed E-state index contributed by atoms with van der Waals surface area (Å²) in [5.41, 5.74) is -1.29. The number of nitrogens with zero attached hydrogens (tertiary/aromatic N) is 4. The maximum atomic E-state index is 12.1. The molecule has 0 saturated carbocycles. The number of carbonyl (C=O) groups is 2. The van der Waals surface area contributed by atoms with E-state index in [-0.39, 0.29) is 23.4 Å². The third-order valence-electron chi connectivity index (χ3n) is 2.77. The Kier molecular flexibility index (Phi) is 3.62. The largest absolute Gasteiger partial charge is 0.506 e. The number of amides is 1. The van der Waals surface area contributed by atoms with Crippen LogP contribution < -0.4 is 10.9 Å². The van der Waals surface area contributed by atoms with E-state index in [1.54, 1.807) is 6.07 Å². The molecule has 0 saturated heterocycles. The van der Waals surface area contributed by atoms with Crippen molar-refractivity contribution < 1.29 is 14.7 Å². The molecule has 2 heterocycles. The number of carbonyl (C=O) groups excluding carboxylic acids is 2. The van der Waals surface area contributed by atoms with Crippen LogP contribution in [0.2, 0.25) is 0 Å². The Labute approximate surface area is 117 Å². The molecule has 0 spiro atoms. The summed E-state index contributed by atoms with van der Waals surface area (Å²) in [6.45, 7) is -0.288. The summed E-state index contributed by atoms with van der Waals surface area (Å²) < 4.78 is 1.02. The normalized spacial score (nSPS) is 10.1. The van der Waals surface area contributed by atoms with Crippen molar-refractivity contribution >= 4 is 23.2 Å². The maximum Gasteiger partial charge on any atom is 0.268 e. The molecule has 0 fully saturated rings. The molecule has 9 nitrogen and oxygen atoms in total. The van der Waals surface area contributed by atoms with E-state index in [9.17, 15) is 19.5 Å². The molecule has 0 unspecified atom stereocenters. The molecule has 1 amide bonds. The van der Waals surface area contributed by atoms with Gasteiger partial charge in [0.05, 0.1) is 11.9 Å². The third-order valence-corrected chi connectivity index (χ3v) is 2.77. The zero-order valence-electron chi connectivity index (χ0n) is 10.8. The number of fused-ring (bicyclic) bond motifs is 1. The molecule has 106 valence electrons. The topological polar surface area (TPSA) is 138 Å². The first-order valence-corrected chi connectivity index (χ1v) is 5.72. The van der Waals surface area contributed by atoms with Crippen LogP contribution in [0.15, 0.2) is 11.0 Å². The summed E-state index contributed by atoms with van der Waals surface area (Å²) in [6.07, 6.45) is 1.59. The zero-order chi connectivity index (χ0) is 15.6. The van der Waals surface area contributed by atoms with Crippen LogP contribution in [-0.2, 0) is 11.8 Å². The van der Waals surface area contributed by atoms with Crippen molar-refractivity contribution in [2.24, 2.45) is 7.05 Å². The predicted molar refractivity (Wildman–Crippen MR) is 69.6 cm³/mol. The minimum Gasteiger partial charge on any atom is -0.506 e. The van der Waals surface area contributed by atoms with E-state index in [2.05, 4.69) is 15.3 Å². The van der Waals surface area contributed by atoms with Crippen LogP contribution in [0, 0.1) is 11.3 Å². The number of aromatic hydroxyl groups is 1. The van der Waals surface area contributed by atoms with Gasteiger partial charge in [-0.15, -0.1) is 0 Å². The smallest absolute Gasteiger partial charge is 0.268 e. The Morgan fingerprint density at radius 1 is 1.62 bits per heavy atom. The Bertz CT molecular complexity index is 849. The molecule has 2 rings (SSSR count). The van der Waals surface area contributed by atoms with Gasteiger partial charge in [-0.2, -0.15) is 5.26 Å². The molecule has 2 aromatic heterocycles. The van der Waals surface area contributed by atoms with Gasteiger partial charge >= 0.3 is 0 Å². The van der Waals surface area contributed by atoms with E-state index in [0.717, 1.165) is 10.8 Å². The van der Waals surface area contributed by atoms with Gasteiger partial charge in [-0.1, -0.05) is 0 Å². The van der Waals surface area contributed by atoms with Gasteiger partial charge in [0.15, 0.2) is 5.65 Å². The summed E-state index contributed by atoms with van der Waals surface area (Å²) in [4.78, 5) is 41.7. The molecule has 0 aliphatic heterocycles. The first kappa shape index (κ1) is 14.1. The van der Waals surface area contributed by atoms with Crippen molar-refractivity contribution in [1.82, 2.24) is 19.9 Å². The summed E-state index contributed by atoms with van der Waals surface area (Å²) in [5.74, 6) is -1.65. The highest BCUT2D eigenvalue weighted by molar-refractivity contribution is 6.02. The quantitative estimate of drug-likeness (QED) is 0.678. The van der Waals surface area contributed by atoms with Gasteiger partial charge in [-0.3, -0.25) is 14.2 Å². The molecular weight excluding hydrogens is 278 g/mol. The van der Waals surface area contributed by atoms with Crippen molar-refractivity contribution in [1.29, 1.82) is 5.26 Å². The summed E-state index contributed by atoms with van der Waals surface area (Å²) in [6, 6.07) is 1.71. The van der Waals surface area contributed by atoms with Gasteiger partial charge < -0.3 is 15.2 Å². The van der Waals surface area contributed by atoms with E-state index >= 15 is 0 Å². The molecule has 0 bridgehead atoms. The summed E-state index contributed by atoms with van der Waals surface area (Å²) in [5, 5.41) is 21.0. The lowest BCUT2D eigenvalue weighted by Crippen LogP contribution is -2.33. The van der Waals surface area contributed by atoms with Gasteiger partial charge in [-0.25, -0.2) is 9.97 Å². The van der Waals surface area contributed by atoms with Crippen LogP contribution in [0.5, 0.6) is 5.75 Å². The van der Waals surface area contributed by atoms with Crippen LogP contribution >= 0.6 is 0 Å². The molecule has 0 aliphatic rings. The lowest BCUT2D eigenvalue weighted by Gasteiger charge is -2.10. The maximum absolute atomic E-state index is 12.1. The number of aryl methyl sites for hydroxylation is 1. The van der Waals surface area contributed by atoms with Crippen molar-refractivity contribution in [3.63, 3.8) is 0 Å². The van der Waals surface area contributed by atoms with E-state index in [0.29, 0.717) is 6.29 Å². The first-order valence-electron chi connectivity index (χ1n) is 5.72. The SMILES string of the molecule is Cn1c(=O)c(C(=O)NCC=O)c(O)c2cnc(C#N)nc21. The molecule has 0 radical (unpaired) electrons. The minimum atomic E-state index is -0.883. The number of nitrogens with one attached hydrogen (secondary N) is 1. The number of rotatable bonds is 3. The van der Waals surface area contributed by atoms with Crippen LogP contribution in [0.4, 0.5) is 0 Å². The zero-order valence-corrected chi connectivity index (χ0v) is 10.8. The Balaban J connectivity index is 2.75. The molecule has 2 N–H and O–H groups in total. The van der Waals surface area contributed by atoms with Crippen LogP contribution in [0.1, 0.15) is 16.2 Å². The average molecular weight is 287 g/mol. The lowest BCUT2D eigenvalue weighted by atomic mass is 10.1. The molecule has 0 aliphatic carbocycles. The number of hydrogen-bond acceptors (Lipinski definition) is 7. The Morgan fingerprint density at radius 2 is 2.33 bits per heavy atom. The number of hydrogen-bond donors (Lipinski definition) is 2. The van der Waals surface area contributed by atoms with Crippen molar-refractivity contribution in [2.45, 2.75) is 0 Å².